The lowest BCUT2D eigenvalue weighted by Crippen LogP contribution is -2.00. The Labute approximate surface area is 214 Å². The van der Waals surface area contributed by atoms with E-state index < -0.39 is 0 Å². The minimum atomic E-state index is 0.660. The summed E-state index contributed by atoms with van der Waals surface area (Å²) in [6.07, 6.45) is 0. The monoisotopic (exact) mass is 474 g/mol. The Morgan fingerprint density at radius 2 is 0.919 bits per heavy atom. The van der Waals surface area contributed by atoms with Crippen molar-refractivity contribution in [1.29, 1.82) is 0 Å². The van der Waals surface area contributed by atoms with Crippen molar-refractivity contribution < 1.29 is 0 Å². The van der Waals surface area contributed by atoms with Crippen molar-refractivity contribution in [2.75, 3.05) is 0 Å². The molecule has 0 aliphatic heterocycles. The van der Waals surface area contributed by atoms with Gasteiger partial charge < -0.3 is 4.57 Å². The van der Waals surface area contributed by atoms with Crippen LogP contribution in [0.2, 0.25) is 0 Å². The largest absolute Gasteiger partial charge is 0.309 e. The molecule has 2 aromatic heterocycles. The number of nitrogens with zero attached hydrogens (tertiary/aromatic N) is 4. The maximum atomic E-state index is 5.01. The summed E-state index contributed by atoms with van der Waals surface area (Å²) in [6, 6.07) is 45.6. The highest BCUT2D eigenvalue weighted by Gasteiger charge is 2.19. The van der Waals surface area contributed by atoms with Gasteiger partial charge in [0.1, 0.15) is 0 Å². The topological polar surface area (TPSA) is 43.6 Å². The SMILES string of the molecule is c1ccc(-c2nc(-c3ccccc3)nc(-c3cccc4c3c3ccccc3n4-c3ccccc3)n2)cc1. The molecule has 7 rings (SSSR count). The zero-order chi connectivity index (χ0) is 24.6. The molecule has 0 fully saturated rings. The van der Waals surface area contributed by atoms with E-state index in [1.807, 2.05) is 66.7 Å². The number of benzene rings is 5. The van der Waals surface area contributed by atoms with Gasteiger partial charge in [0.2, 0.25) is 0 Å². The van der Waals surface area contributed by atoms with Crippen LogP contribution in [0.25, 0.3) is 61.7 Å². The fraction of sp³-hybridized carbons (Fsp3) is 0. The third kappa shape index (κ3) is 3.67. The van der Waals surface area contributed by atoms with E-state index in [0.717, 1.165) is 38.8 Å². The van der Waals surface area contributed by atoms with E-state index >= 15 is 0 Å². The third-order valence-corrected chi connectivity index (χ3v) is 6.65. The molecule has 5 aromatic carbocycles. The van der Waals surface area contributed by atoms with Gasteiger partial charge in [-0.1, -0.05) is 109 Å². The van der Waals surface area contributed by atoms with Gasteiger partial charge in [0.25, 0.3) is 0 Å². The van der Waals surface area contributed by atoms with Crippen LogP contribution in [-0.4, -0.2) is 19.5 Å². The highest BCUT2D eigenvalue weighted by Crippen LogP contribution is 2.38. The average Bonchev–Trinajstić information content (AvgIpc) is 3.33. The molecule has 0 saturated heterocycles. The number of aromatic nitrogens is 4. The van der Waals surface area contributed by atoms with Crippen molar-refractivity contribution in [3.05, 3.63) is 133 Å². The van der Waals surface area contributed by atoms with Gasteiger partial charge in [-0.25, -0.2) is 15.0 Å². The summed E-state index contributed by atoms with van der Waals surface area (Å²) in [5, 5.41) is 2.30. The molecule has 174 valence electrons. The van der Waals surface area contributed by atoms with Crippen molar-refractivity contribution in [1.82, 2.24) is 19.5 Å². The first-order valence-electron chi connectivity index (χ1n) is 12.3. The summed E-state index contributed by atoms with van der Waals surface area (Å²) in [6.45, 7) is 0. The van der Waals surface area contributed by atoms with Gasteiger partial charge in [0.15, 0.2) is 17.5 Å². The first kappa shape index (κ1) is 21.2. The zero-order valence-electron chi connectivity index (χ0n) is 20.0. The Balaban J connectivity index is 1.55. The molecule has 0 amide bonds. The van der Waals surface area contributed by atoms with Crippen molar-refractivity contribution in [2.45, 2.75) is 0 Å². The van der Waals surface area contributed by atoms with E-state index in [1.165, 1.54) is 5.39 Å². The molecular formula is C33H22N4. The molecule has 0 radical (unpaired) electrons. The Kier molecular flexibility index (Phi) is 5.07. The van der Waals surface area contributed by atoms with Gasteiger partial charge in [-0.2, -0.15) is 0 Å². The number of rotatable bonds is 4. The molecule has 0 aliphatic rings. The standard InChI is InChI=1S/C33H22N4/c1-4-13-23(14-5-1)31-34-32(24-15-6-2-7-16-24)36-33(35-31)27-20-12-22-29-30(27)26-19-10-11-21-28(26)37(29)25-17-8-3-9-18-25/h1-22H. The van der Waals surface area contributed by atoms with Crippen molar-refractivity contribution in [3.63, 3.8) is 0 Å². The maximum Gasteiger partial charge on any atom is 0.164 e. The molecule has 37 heavy (non-hydrogen) atoms. The summed E-state index contributed by atoms with van der Waals surface area (Å²) in [4.78, 5) is 14.9. The maximum absolute atomic E-state index is 5.01. The normalized spacial score (nSPS) is 11.2. The molecule has 0 N–H and O–H groups in total. The summed E-state index contributed by atoms with van der Waals surface area (Å²) in [5.74, 6) is 1.98. The predicted octanol–water partition coefficient (Wildman–Crippen LogP) is 7.97. The van der Waals surface area contributed by atoms with Gasteiger partial charge in [-0.15, -0.1) is 0 Å². The fourth-order valence-electron chi connectivity index (χ4n) is 4.99. The Bertz CT molecular complexity index is 1800. The van der Waals surface area contributed by atoms with Crippen LogP contribution in [0.4, 0.5) is 0 Å². The fourth-order valence-corrected chi connectivity index (χ4v) is 4.99. The van der Waals surface area contributed by atoms with Crippen LogP contribution < -0.4 is 0 Å². The van der Waals surface area contributed by atoms with Crippen LogP contribution in [0.5, 0.6) is 0 Å². The van der Waals surface area contributed by atoms with Crippen LogP contribution >= 0.6 is 0 Å². The molecule has 0 unspecified atom stereocenters. The molecule has 0 spiro atoms. The van der Waals surface area contributed by atoms with Crippen LogP contribution in [0.3, 0.4) is 0 Å². The average molecular weight is 475 g/mol. The lowest BCUT2D eigenvalue weighted by molar-refractivity contribution is 1.08. The van der Waals surface area contributed by atoms with Crippen molar-refractivity contribution in [3.8, 4) is 39.9 Å². The predicted molar refractivity (Wildman–Crippen MR) is 150 cm³/mol. The molecule has 0 atom stereocenters. The van der Waals surface area contributed by atoms with Gasteiger partial charge in [0, 0.05) is 33.2 Å². The molecule has 0 aliphatic carbocycles. The first-order valence-corrected chi connectivity index (χ1v) is 12.3. The van der Waals surface area contributed by atoms with Gasteiger partial charge in [0.05, 0.1) is 11.0 Å². The van der Waals surface area contributed by atoms with Crippen molar-refractivity contribution >= 4 is 21.8 Å². The highest BCUT2D eigenvalue weighted by atomic mass is 15.0. The number of hydrogen-bond acceptors (Lipinski definition) is 3. The second-order valence-corrected chi connectivity index (χ2v) is 8.93. The molecule has 7 aromatic rings. The Morgan fingerprint density at radius 3 is 1.57 bits per heavy atom. The lowest BCUT2D eigenvalue weighted by atomic mass is 10.1. The minimum absolute atomic E-state index is 0.660. The zero-order valence-corrected chi connectivity index (χ0v) is 20.0. The van der Waals surface area contributed by atoms with E-state index in [9.17, 15) is 0 Å². The summed E-state index contributed by atoms with van der Waals surface area (Å²) < 4.78 is 2.31. The van der Waals surface area contributed by atoms with E-state index in [1.54, 1.807) is 0 Å². The van der Waals surface area contributed by atoms with E-state index in [4.69, 9.17) is 15.0 Å². The number of fused-ring (bicyclic) bond motifs is 3. The second-order valence-electron chi connectivity index (χ2n) is 8.93. The van der Waals surface area contributed by atoms with Crippen LogP contribution in [-0.2, 0) is 0 Å². The number of para-hydroxylation sites is 2. The Hall–Kier alpha value is -5.09. The molecule has 0 bridgehead atoms. The summed E-state index contributed by atoms with van der Waals surface area (Å²) in [7, 11) is 0. The van der Waals surface area contributed by atoms with E-state index in [2.05, 4.69) is 71.3 Å². The quantitative estimate of drug-likeness (QED) is 0.260. The van der Waals surface area contributed by atoms with Crippen LogP contribution in [0.1, 0.15) is 0 Å². The second kappa shape index (κ2) is 8.85. The smallest absolute Gasteiger partial charge is 0.164 e. The molecule has 4 nitrogen and oxygen atoms in total. The third-order valence-electron chi connectivity index (χ3n) is 6.65. The Morgan fingerprint density at radius 1 is 0.405 bits per heavy atom. The molecule has 0 saturated carbocycles. The molecule has 4 heteroatoms. The molecule has 2 heterocycles. The van der Waals surface area contributed by atoms with Gasteiger partial charge in [-0.05, 0) is 24.3 Å². The molecular weight excluding hydrogens is 452 g/mol. The van der Waals surface area contributed by atoms with Crippen molar-refractivity contribution in [2.24, 2.45) is 0 Å². The summed E-state index contributed by atoms with van der Waals surface area (Å²) in [5.41, 5.74) is 6.30. The van der Waals surface area contributed by atoms with E-state index in [0.29, 0.717) is 17.5 Å². The number of hydrogen-bond donors (Lipinski definition) is 0. The van der Waals surface area contributed by atoms with Crippen LogP contribution in [0, 0.1) is 0 Å². The lowest BCUT2D eigenvalue weighted by Gasteiger charge is -2.10. The van der Waals surface area contributed by atoms with Gasteiger partial charge in [-0.3, -0.25) is 0 Å². The highest BCUT2D eigenvalue weighted by molar-refractivity contribution is 6.15. The van der Waals surface area contributed by atoms with E-state index in [-0.39, 0.29) is 0 Å². The van der Waals surface area contributed by atoms with Gasteiger partial charge >= 0.3 is 0 Å². The summed E-state index contributed by atoms with van der Waals surface area (Å²) >= 11 is 0. The minimum Gasteiger partial charge on any atom is -0.309 e. The van der Waals surface area contributed by atoms with Crippen LogP contribution in [0.15, 0.2) is 133 Å². The first-order chi connectivity index (χ1) is 18.4.